The Morgan fingerprint density at radius 2 is 2.50 bits per heavy atom. The van der Waals surface area contributed by atoms with Crippen LogP contribution in [0.4, 0.5) is 0 Å². The van der Waals surface area contributed by atoms with Crippen LogP contribution in [-0.2, 0) is 4.79 Å². The third kappa shape index (κ3) is 4.56. The highest BCUT2D eigenvalue weighted by atomic mass is 32.2. The number of hydrogen-bond donors (Lipinski definition) is 2. The molecule has 2 heterocycles. The second-order valence-electron chi connectivity index (χ2n) is 4.88. The molecule has 1 atom stereocenters. The van der Waals surface area contributed by atoms with Crippen LogP contribution in [0.2, 0.25) is 0 Å². The summed E-state index contributed by atoms with van der Waals surface area (Å²) in [6.45, 7) is 5.84. The van der Waals surface area contributed by atoms with Gasteiger partial charge in [0.1, 0.15) is 0 Å². The number of carboxylic acids is 1. The smallest absolute Gasteiger partial charge is 0.355 e. The van der Waals surface area contributed by atoms with E-state index in [2.05, 4.69) is 16.9 Å². The fourth-order valence-corrected chi connectivity index (χ4v) is 4.13. The van der Waals surface area contributed by atoms with Crippen LogP contribution in [0.3, 0.4) is 0 Å². The molecule has 1 unspecified atom stereocenters. The number of amides is 1. The Morgan fingerprint density at radius 1 is 1.68 bits per heavy atom. The maximum Gasteiger partial charge on any atom is 0.355 e. The number of carbonyl (C=O) groups is 2. The standard InChI is InChI=1S/C14H19N3O3S2/c1-2-5-15-8-10-3-4-12(18)17(10)6-7-21-14-16-11(9-22-14)13(19)20/h2,9-10,15H,1,3-8H2,(H,19,20). The minimum Gasteiger partial charge on any atom is -0.476 e. The van der Waals surface area contributed by atoms with Crippen LogP contribution in [0.25, 0.3) is 0 Å². The Hall–Kier alpha value is -1.38. The number of nitrogens with zero attached hydrogens (tertiary/aromatic N) is 2. The maximum absolute atomic E-state index is 11.9. The van der Waals surface area contributed by atoms with Gasteiger partial charge in [-0.1, -0.05) is 17.8 Å². The van der Waals surface area contributed by atoms with Gasteiger partial charge in [0.2, 0.25) is 5.91 Å². The number of hydrogen-bond acceptors (Lipinski definition) is 6. The van der Waals surface area contributed by atoms with Crippen LogP contribution >= 0.6 is 23.1 Å². The van der Waals surface area contributed by atoms with Gasteiger partial charge >= 0.3 is 5.97 Å². The van der Waals surface area contributed by atoms with Crippen molar-refractivity contribution in [3.63, 3.8) is 0 Å². The first kappa shape index (κ1) is 17.0. The Bertz CT molecular complexity index is 547. The van der Waals surface area contributed by atoms with E-state index in [1.807, 2.05) is 4.90 Å². The summed E-state index contributed by atoms with van der Waals surface area (Å²) in [4.78, 5) is 28.6. The number of nitrogens with one attached hydrogen (secondary N) is 1. The largest absolute Gasteiger partial charge is 0.476 e. The quantitative estimate of drug-likeness (QED) is 0.404. The Balaban J connectivity index is 1.79. The molecule has 0 aliphatic carbocycles. The lowest BCUT2D eigenvalue weighted by Crippen LogP contribution is -2.41. The van der Waals surface area contributed by atoms with E-state index in [0.29, 0.717) is 13.0 Å². The second kappa shape index (κ2) is 8.30. The van der Waals surface area contributed by atoms with Crippen LogP contribution in [0.5, 0.6) is 0 Å². The molecule has 1 fully saturated rings. The van der Waals surface area contributed by atoms with Crippen molar-refractivity contribution in [3.05, 3.63) is 23.7 Å². The molecule has 1 aromatic heterocycles. The molecule has 22 heavy (non-hydrogen) atoms. The fraction of sp³-hybridized carbons (Fsp3) is 0.500. The summed E-state index contributed by atoms with van der Waals surface area (Å²) in [6.07, 6.45) is 3.29. The van der Waals surface area contributed by atoms with Gasteiger partial charge in [0, 0.05) is 43.2 Å². The normalized spacial score (nSPS) is 17.9. The Kier molecular flexibility index (Phi) is 6.41. The molecule has 120 valence electrons. The topological polar surface area (TPSA) is 82.5 Å². The van der Waals surface area contributed by atoms with Crippen LogP contribution in [-0.4, -0.2) is 58.3 Å². The molecule has 1 aliphatic rings. The van der Waals surface area contributed by atoms with E-state index in [1.165, 1.54) is 28.5 Å². The number of rotatable bonds is 9. The summed E-state index contributed by atoms with van der Waals surface area (Å²) in [7, 11) is 0. The molecule has 0 aromatic carbocycles. The lowest BCUT2D eigenvalue weighted by molar-refractivity contribution is -0.128. The van der Waals surface area contributed by atoms with Gasteiger partial charge in [0.15, 0.2) is 10.0 Å². The molecule has 0 radical (unpaired) electrons. The highest BCUT2D eigenvalue weighted by Gasteiger charge is 2.29. The van der Waals surface area contributed by atoms with Crippen molar-refractivity contribution in [1.29, 1.82) is 0 Å². The first-order valence-corrected chi connectivity index (χ1v) is 8.91. The average Bonchev–Trinajstić information content (AvgIpc) is 3.09. The number of likely N-dealkylation sites (tertiary alicyclic amines) is 1. The number of aromatic carboxylic acids is 1. The first-order valence-electron chi connectivity index (χ1n) is 7.04. The van der Waals surface area contributed by atoms with Gasteiger partial charge < -0.3 is 15.3 Å². The zero-order valence-corrected chi connectivity index (χ0v) is 13.8. The fourth-order valence-electron chi connectivity index (χ4n) is 2.32. The summed E-state index contributed by atoms with van der Waals surface area (Å²) < 4.78 is 0.727. The van der Waals surface area contributed by atoms with Gasteiger partial charge in [-0.3, -0.25) is 4.79 Å². The Labute approximate surface area is 137 Å². The van der Waals surface area contributed by atoms with Crippen LogP contribution in [0.1, 0.15) is 23.3 Å². The van der Waals surface area contributed by atoms with E-state index in [4.69, 9.17) is 5.11 Å². The summed E-state index contributed by atoms with van der Waals surface area (Å²) in [6, 6.07) is 0.235. The van der Waals surface area contributed by atoms with E-state index < -0.39 is 5.97 Å². The monoisotopic (exact) mass is 341 g/mol. The van der Waals surface area contributed by atoms with Crippen molar-refractivity contribution in [3.8, 4) is 0 Å². The van der Waals surface area contributed by atoms with E-state index in [0.717, 1.165) is 29.6 Å². The number of thiazole rings is 1. The summed E-state index contributed by atoms with van der Waals surface area (Å²) >= 11 is 2.81. The van der Waals surface area contributed by atoms with Crippen LogP contribution in [0, 0.1) is 0 Å². The molecule has 8 heteroatoms. The van der Waals surface area contributed by atoms with Crippen LogP contribution < -0.4 is 5.32 Å². The lowest BCUT2D eigenvalue weighted by atomic mass is 10.2. The van der Waals surface area contributed by atoms with E-state index in [-0.39, 0.29) is 17.6 Å². The number of carbonyl (C=O) groups excluding carboxylic acids is 1. The van der Waals surface area contributed by atoms with Crippen molar-refractivity contribution < 1.29 is 14.7 Å². The van der Waals surface area contributed by atoms with Gasteiger partial charge in [-0.05, 0) is 6.42 Å². The van der Waals surface area contributed by atoms with Gasteiger partial charge in [0.25, 0.3) is 0 Å². The summed E-state index contributed by atoms with van der Waals surface area (Å²) in [5, 5.41) is 13.6. The van der Waals surface area contributed by atoms with Crippen LogP contribution in [0.15, 0.2) is 22.4 Å². The second-order valence-corrected chi connectivity index (χ2v) is 7.08. The minimum absolute atomic E-state index is 0.0799. The van der Waals surface area contributed by atoms with Gasteiger partial charge in [-0.25, -0.2) is 9.78 Å². The lowest BCUT2D eigenvalue weighted by Gasteiger charge is -2.24. The van der Waals surface area contributed by atoms with Gasteiger partial charge in [0.05, 0.1) is 0 Å². The number of aromatic nitrogens is 1. The van der Waals surface area contributed by atoms with Crippen molar-refractivity contribution in [2.24, 2.45) is 0 Å². The molecule has 2 N–H and O–H groups in total. The third-order valence-electron chi connectivity index (χ3n) is 3.38. The molecule has 0 spiro atoms. The first-order chi connectivity index (χ1) is 10.6. The molecule has 1 aromatic rings. The zero-order valence-electron chi connectivity index (χ0n) is 12.2. The molecular weight excluding hydrogens is 322 g/mol. The molecule has 1 saturated heterocycles. The predicted molar refractivity (Wildman–Crippen MR) is 87.6 cm³/mol. The van der Waals surface area contributed by atoms with Gasteiger partial charge in [-0.15, -0.1) is 17.9 Å². The van der Waals surface area contributed by atoms with Crippen molar-refractivity contribution in [2.45, 2.75) is 23.2 Å². The average molecular weight is 341 g/mol. The van der Waals surface area contributed by atoms with E-state index >= 15 is 0 Å². The van der Waals surface area contributed by atoms with Gasteiger partial charge in [-0.2, -0.15) is 0 Å². The number of thioether (sulfide) groups is 1. The summed E-state index contributed by atoms with van der Waals surface area (Å²) in [5.41, 5.74) is 0.0799. The van der Waals surface area contributed by atoms with E-state index in [1.54, 1.807) is 6.08 Å². The number of carboxylic acid groups (broad SMARTS) is 1. The zero-order chi connectivity index (χ0) is 15.9. The van der Waals surface area contributed by atoms with Crippen molar-refractivity contribution in [1.82, 2.24) is 15.2 Å². The molecule has 0 saturated carbocycles. The molecular formula is C14H19N3O3S2. The molecule has 2 rings (SSSR count). The highest BCUT2D eigenvalue weighted by Crippen LogP contribution is 2.24. The van der Waals surface area contributed by atoms with Crippen molar-refractivity contribution >= 4 is 35.0 Å². The molecule has 6 nitrogen and oxygen atoms in total. The predicted octanol–water partition coefficient (Wildman–Crippen LogP) is 1.70. The molecule has 1 aliphatic heterocycles. The molecule has 1 amide bonds. The Morgan fingerprint density at radius 3 is 3.18 bits per heavy atom. The maximum atomic E-state index is 11.9. The summed E-state index contributed by atoms with van der Waals surface area (Å²) in [5.74, 6) is -0.0986. The van der Waals surface area contributed by atoms with Crippen molar-refractivity contribution in [2.75, 3.05) is 25.4 Å². The molecule has 0 bridgehead atoms. The highest BCUT2D eigenvalue weighted by molar-refractivity contribution is 8.01. The SMILES string of the molecule is C=CCNCC1CCC(=O)N1CCSc1nc(C(=O)O)cs1. The minimum atomic E-state index is -1.01. The van der Waals surface area contributed by atoms with E-state index in [9.17, 15) is 9.59 Å². The third-order valence-corrected chi connectivity index (χ3v) is 5.38.